The molecular formula is C25H44N2O4. The molecule has 31 heavy (non-hydrogen) atoms. The first-order valence-electron chi connectivity index (χ1n) is 11.7. The van der Waals surface area contributed by atoms with E-state index >= 15 is 0 Å². The fourth-order valence-corrected chi connectivity index (χ4v) is 4.27. The van der Waals surface area contributed by atoms with Crippen LogP contribution in [0.3, 0.4) is 0 Å². The van der Waals surface area contributed by atoms with E-state index in [2.05, 4.69) is 12.2 Å². The molecule has 0 aliphatic heterocycles. The lowest BCUT2D eigenvalue weighted by Crippen LogP contribution is -2.57. The highest BCUT2D eigenvalue weighted by atomic mass is 16.5. The molecule has 0 saturated heterocycles. The third-order valence-electron chi connectivity index (χ3n) is 6.34. The van der Waals surface area contributed by atoms with E-state index < -0.39 is 11.5 Å². The van der Waals surface area contributed by atoms with Crippen molar-refractivity contribution in [1.29, 1.82) is 0 Å². The highest BCUT2D eigenvalue weighted by Gasteiger charge is 2.39. The minimum atomic E-state index is -0.642. The molecule has 0 heterocycles. The molecule has 0 radical (unpaired) electrons. The van der Waals surface area contributed by atoms with E-state index in [9.17, 15) is 14.4 Å². The van der Waals surface area contributed by atoms with Crippen molar-refractivity contribution in [3.05, 3.63) is 11.6 Å². The van der Waals surface area contributed by atoms with Gasteiger partial charge in [0.15, 0.2) is 0 Å². The van der Waals surface area contributed by atoms with Crippen molar-refractivity contribution in [3.63, 3.8) is 0 Å². The van der Waals surface area contributed by atoms with Gasteiger partial charge in [-0.05, 0) is 43.9 Å². The Morgan fingerprint density at radius 3 is 2.23 bits per heavy atom. The number of amides is 2. The Kier molecular flexibility index (Phi) is 10.2. The second-order valence-corrected chi connectivity index (χ2v) is 10.4. The first kappa shape index (κ1) is 27.2. The van der Waals surface area contributed by atoms with Gasteiger partial charge in [-0.25, -0.2) is 4.79 Å². The molecule has 4 unspecified atom stereocenters. The van der Waals surface area contributed by atoms with Crippen molar-refractivity contribution in [1.82, 2.24) is 10.2 Å². The van der Waals surface area contributed by atoms with E-state index in [-0.39, 0.29) is 35.7 Å². The van der Waals surface area contributed by atoms with Crippen molar-refractivity contribution >= 4 is 17.8 Å². The quantitative estimate of drug-likeness (QED) is 0.454. The normalized spacial score (nSPS) is 21.9. The predicted molar refractivity (Wildman–Crippen MR) is 124 cm³/mol. The number of nitrogens with zero attached hydrogens (tertiary/aromatic N) is 1. The van der Waals surface area contributed by atoms with Gasteiger partial charge in [0.2, 0.25) is 11.8 Å². The number of nitrogens with one attached hydrogen (secondary N) is 1. The summed E-state index contributed by atoms with van der Waals surface area (Å²) in [6.45, 7) is 15.8. The molecule has 6 nitrogen and oxygen atoms in total. The van der Waals surface area contributed by atoms with Crippen LogP contribution in [0.25, 0.3) is 0 Å². The van der Waals surface area contributed by atoms with Crippen LogP contribution in [0.4, 0.5) is 0 Å². The number of likely N-dealkylation sites (N-methyl/N-ethyl adjacent to an activating group) is 1. The summed E-state index contributed by atoms with van der Waals surface area (Å²) < 4.78 is 5.09. The van der Waals surface area contributed by atoms with Crippen LogP contribution in [-0.4, -0.2) is 48.4 Å². The molecule has 178 valence electrons. The number of ether oxygens (including phenoxy) is 1. The fraction of sp³-hybridized carbons (Fsp3) is 0.800. The standard InChI is InChI=1S/C25H44N2O4/c1-10-31-24(30)18(5)15-20(16(2)3)27(9)23(29)21(25(6,7)8)26-22(28)19-14-12-11-13-17(19)4/h15-17,19-21H,10-14H2,1-9H3,(H,26,28)/b18-15+. The fourth-order valence-electron chi connectivity index (χ4n) is 4.27. The first-order chi connectivity index (χ1) is 14.3. The number of hydrogen-bond acceptors (Lipinski definition) is 4. The Morgan fingerprint density at radius 2 is 1.74 bits per heavy atom. The summed E-state index contributed by atoms with van der Waals surface area (Å²) >= 11 is 0. The van der Waals surface area contributed by atoms with E-state index in [4.69, 9.17) is 4.74 Å². The van der Waals surface area contributed by atoms with Gasteiger partial charge in [-0.2, -0.15) is 0 Å². The molecule has 0 bridgehead atoms. The summed E-state index contributed by atoms with van der Waals surface area (Å²) in [5.74, 6) is -0.151. The molecule has 6 heteroatoms. The number of hydrogen-bond donors (Lipinski definition) is 1. The smallest absolute Gasteiger partial charge is 0.333 e. The zero-order valence-electron chi connectivity index (χ0n) is 21.1. The van der Waals surface area contributed by atoms with Gasteiger partial charge in [0, 0.05) is 18.5 Å². The molecule has 0 aromatic rings. The third kappa shape index (κ3) is 7.65. The highest BCUT2D eigenvalue weighted by Crippen LogP contribution is 2.31. The summed E-state index contributed by atoms with van der Waals surface area (Å²) in [5, 5.41) is 3.09. The predicted octanol–water partition coefficient (Wildman–Crippen LogP) is 4.34. The van der Waals surface area contributed by atoms with E-state index in [1.807, 2.05) is 34.6 Å². The van der Waals surface area contributed by atoms with Crippen molar-refractivity contribution in [3.8, 4) is 0 Å². The molecule has 0 aromatic heterocycles. The van der Waals surface area contributed by atoms with Gasteiger partial charge in [-0.1, -0.05) is 60.5 Å². The van der Waals surface area contributed by atoms with Gasteiger partial charge in [0.1, 0.15) is 6.04 Å². The number of carbonyl (C=O) groups excluding carboxylic acids is 3. The highest BCUT2D eigenvalue weighted by molar-refractivity contribution is 5.90. The summed E-state index contributed by atoms with van der Waals surface area (Å²) in [6.07, 6.45) is 5.95. The monoisotopic (exact) mass is 436 g/mol. The number of carbonyl (C=O) groups is 3. The van der Waals surface area contributed by atoms with Crippen LogP contribution in [0.1, 0.15) is 81.1 Å². The Morgan fingerprint density at radius 1 is 1.16 bits per heavy atom. The third-order valence-corrected chi connectivity index (χ3v) is 6.34. The zero-order valence-corrected chi connectivity index (χ0v) is 21.1. The van der Waals surface area contributed by atoms with Crippen molar-refractivity contribution in [2.24, 2.45) is 23.2 Å². The summed E-state index contributed by atoms with van der Waals surface area (Å²) in [7, 11) is 1.75. The molecule has 0 aromatic carbocycles. The van der Waals surface area contributed by atoms with Crippen LogP contribution >= 0.6 is 0 Å². The van der Waals surface area contributed by atoms with E-state index in [0.29, 0.717) is 18.1 Å². The zero-order chi connectivity index (χ0) is 23.9. The Hall–Kier alpha value is -1.85. The summed E-state index contributed by atoms with van der Waals surface area (Å²) in [6, 6.07) is -0.927. The minimum absolute atomic E-state index is 0.0202. The number of esters is 1. The van der Waals surface area contributed by atoms with Crippen LogP contribution in [0, 0.1) is 23.2 Å². The molecule has 1 N–H and O–H groups in total. The largest absolute Gasteiger partial charge is 0.463 e. The van der Waals surface area contributed by atoms with Gasteiger partial charge in [0.05, 0.1) is 12.6 Å². The second kappa shape index (κ2) is 11.7. The maximum absolute atomic E-state index is 13.6. The van der Waals surface area contributed by atoms with Crippen molar-refractivity contribution in [2.45, 2.75) is 93.2 Å². The molecule has 4 atom stereocenters. The van der Waals surface area contributed by atoms with Crippen molar-refractivity contribution in [2.75, 3.05) is 13.7 Å². The molecular weight excluding hydrogens is 392 g/mol. The molecule has 2 amide bonds. The summed E-state index contributed by atoms with van der Waals surface area (Å²) in [5.41, 5.74) is 0.0351. The lowest BCUT2D eigenvalue weighted by Gasteiger charge is -2.38. The van der Waals surface area contributed by atoms with Crippen LogP contribution in [0.2, 0.25) is 0 Å². The summed E-state index contributed by atoms with van der Waals surface area (Å²) in [4.78, 5) is 40.4. The van der Waals surface area contributed by atoms with Gasteiger partial charge in [-0.3, -0.25) is 9.59 Å². The second-order valence-electron chi connectivity index (χ2n) is 10.4. The topological polar surface area (TPSA) is 75.7 Å². The minimum Gasteiger partial charge on any atom is -0.463 e. The first-order valence-corrected chi connectivity index (χ1v) is 11.7. The van der Waals surface area contributed by atoms with Crippen molar-refractivity contribution < 1.29 is 19.1 Å². The van der Waals surface area contributed by atoms with E-state index in [1.54, 1.807) is 31.9 Å². The lowest BCUT2D eigenvalue weighted by molar-refractivity contribution is -0.142. The average Bonchev–Trinajstić information content (AvgIpc) is 2.68. The van der Waals surface area contributed by atoms with E-state index in [0.717, 1.165) is 25.7 Å². The molecule has 0 spiro atoms. The number of rotatable bonds is 8. The average molecular weight is 437 g/mol. The van der Waals surface area contributed by atoms with Crippen LogP contribution in [0.15, 0.2) is 11.6 Å². The van der Waals surface area contributed by atoms with Crippen LogP contribution < -0.4 is 5.32 Å². The maximum atomic E-state index is 13.6. The van der Waals surface area contributed by atoms with Gasteiger partial charge < -0.3 is 15.0 Å². The SMILES string of the molecule is CCOC(=O)/C(C)=C/C(C(C)C)N(C)C(=O)C(NC(=O)C1CCCCC1C)C(C)(C)C. The van der Waals surface area contributed by atoms with Crippen LogP contribution in [-0.2, 0) is 19.1 Å². The Labute approximate surface area is 189 Å². The lowest BCUT2D eigenvalue weighted by atomic mass is 9.79. The molecule has 1 saturated carbocycles. The Bertz CT molecular complexity index is 663. The van der Waals surface area contributed by atoms with Gasteiger partial charge >= 0.3 is 5.97 Å². The van der Waals surface area contributed by atoms with Crippen LogP contribution in [0.5, 0.6) is 0 Å². The van der Waals surface area contributed by atoms with Gasteiger partial charge in [-0.15, -0.1) is 0 Å². The molecule has 1 rings (SSSR count). The maximum Gasteiger partial charge on any atom is 0.333 e. The van der Waals surface area contributed by atoms with Gasteiger partial charge in [0.25, 0.3) is 0 Å². The molecule has 1 aliphatic rings. The molecule has 1 aliphatic carbocycles. The van der Waals surface area contributed by atoms with E-state index in [1.165, 1.54) is 0 Å². The Balaban J connectivity index is 3.10. The molecule has 1 fully saturated rings.